The molecule has 1 aromatic heterocycles. The van der Waals surface area contributed by atoms with Gasteiger partial charge in [-0.05, 0) is 52.5 Å². The number of benzene rings is 1. The third kappa shape index (κ3) is 4.64. The Morgan fingerprint density at radius 1 is 1.32 bits per heavy atom. The molecule has 0 saturated carbocycles. The number of thioether (sulfide) groups is 1. The highest BCUT2D eigenvalue weighted by Gasteiger charge is 2.07. The average molecular weight is 337 g/mol. The Labute approximate surface area is 126 Å². The first-order chi connectivity index (χ1) is 9.15. The van der Waals surface area contributed by atoms with Crippen LogP contribution in [0.4, 0.5) is 0 Å². The summed E-state index contributed by atoms with van der Waals surface area (Å²) in [6, 6.07) is 10.6. The van der Waals surface area contributed by atoms with Gasteiger partial charge >= 0.3 is 0 Å². The molecule has 2 aromatic rings. The molecule has 0 fully saturated rings. The number of nitrogens with zero attached hydrogens (tertiary/aromatic N) is 1. The van der Waals surface area contributed by atoms with Crippen molar-refractivity contribution >= 4 is 27.7 Å². The largest absolute Gasteiger partial charge is 0.327 e. The fraction of sp³-hybridized carbons (Fsp3) is 0.267. The summed E-state index contributed by atoms with van der Waals surface area (Å²) in [6.07, 6.45) is 4.52. The summed E-state index contributed by atoms with van der Waals surface area (Å²) >= 11 is 5.25. The zero-order valence-corrected chi connectivity index (χ0v) is 13.2. The molecular formula is C15H17BrN2S. The van der Waals surface area contributed by atoms with Gasteiger partial charge in [0.1, 0.15) is 0 Å². The molecule has 1 unspecified atom stereocenters. The highest BCUT2D eigenvalue weighted by Crippen LogP contribution is 2.23. The van der Waals surface area contributed by atoms with Crippen LogP contribution in [0.5, 0.6) is 0 Å². The maximum Gasteiger partial charge on any atom is 0.0410 e. The summed E-state index contributed by atoms with van der Waals surface area (Å²) in [6.45, 7) is 2.13. The molecule has 0 radical (unpaired) electrons. The average Bonchev–Trinajstić information content (AvgIpc) is 2.38. The number of rotatable bonds is 5. The second-order valence-corrected chi connectivity index (χ2v) is 6.53. The Morgan fingerprint density at radius 2 is 2.11 bits per heavy atom. The highest BCUT2D eigenvalue weighted by atomic mass is 79.9. The van der Waals surface area contributed by atoms with Gasteiger partial charge in [0.15, 0.2) is 0 Å². The van der Waals surface area contributed by atoms with Crippen LogP contribution in [0, 0.1) is 6.92 Å². The van der Waals surface area contributed by atoms with Crippen molar-refractivity contribution < 1.29 is 0 Å². The molecule has 0 aliphatic carbocycles. The fourth-order valence-electron chi connectivity index (χ4n) is 1.84. The van der Waals surface area contributed by atoms with Gasteiger partial charge in [-0.25, -0.2) is 0 Å². The number of pyridine rings is 1. The minimum atomic E-state index is 0.140. The monoisotopic (exact) mass is 336 g/mol. The van der Waals surface area contributed by atoms with Crippen molar-refractivity contribution in [2.45, 2.75) is 24.3 Å². The molecule has 1 atom stereocenters. The maximum absolute atomic E-state index is 6.19. The van der Waals surface area contributed by atoms with Crippen molar-refractivity contribution in [3.05, 3.63) is 58.3 Å². The van der Waals surface area contributed by atoms with Gasteiger partial charge in [0.05, 0.1) is 0 Å². The Balaban J connectivity index is 1.88. The topological polar surface area (TPSA) is 38.9 Å². The van der Waals surface area contributed by atoms with Crippen molar-refractivity contribution in [2.24, 2.45) is 5.73 Å². The van der Waals surface area contributed by atoms with E-state index in [2.05, 4.69) is 58.2 Å². The minimum absolute atomic E-state index is 0.140. The molecule has 2 nitrogen and oxygen atoms in total. The van der Waals surface area contributed by atoms with Crippen LogP contribution in [-0.4, -0.2) is 16.8 Å². The van der Waals surface area contributed by atoms with Gasteiger partial charge in [0.25, 0.3) is 0 Å². The standard InChI is InChI=1S/C15H17BrN2S/c1-11-4-2-3-5-15(11)19-10-14(17)7-12-6-13(16)9-18-8-12/h2-6,8-9,14H,7,10,17H2,1H3. The number of halogens is 1. The molecule has 4 heteroatoms. The van der Waals surface area contributed by atoms with Gasteiger partial charge in [-0.15, -0.1) is 11.8 Å². The molecule has 0 spiro atoms. The summed E-state index contributed by atoms with van der Waals surface area (Å²) in [5.74, 6) is 0.914. The van der Waals surface area contributed by atoms with E-state index < -0.39 is 0 Å². The normalized spacial score (nSPS) is 12.4. The molecule has 19 heavy (non-hydrogen) atoms. The van der Waals surface area contributed by atoms with Gasteiger partial charge < -0.3 is 5.73 Å². The van der Waals surface area contributed by atoms with Crippen LogP contribution in [-0.2, 0) is 6.42 Å². The first-order valence-corrected chi connectivity index (χ1v) is 7.96. The van der Waals surface area contributed by atoms with Crippen LogP contribution in [0.1, 0.15) is 11.1 Å². The summed E-state index contributed by atoms with van der Waals surface area (Å²) in [5, 5.41) is 0. The lowest BCUT2D eigenvalue weighted by molar-refractivity contribution is 0.745. The molecule has 0 aliphatic heterocycles. The van der Waals surface area contributed by atoms with Gasteiger partial charge in [-0.3, -0.25) is 4.98 Å². The van der Waals surface area contributed by atoms with Gasteiger partial charge in [-0.2, -0.15) is 0 Å². The summed E-state index contributed by atoms with van der Waals surface area (Å²) in [5.41, 5.74) is 8.67. The first kappa shape index (κ1) is 14.6. The second kappa shape index (κ2) is 7.08. The first-order valence-electron chi connectivity index (χ1n) is 6.18. The van der Waals surface area contributed by atoms with E-state index in [9.17, 15) is 0 Å². The molecule has 0 saturated heterocycles. The van der Waals surface area contributed by atoms with Gasteiger partial charge in [-0.1, -0.05) is 18.2 Å². The van der Waals surface area contributed by atoms with E-state index in [1.807, 2.05) is 18.0 Å². The third-order valence-electron chi connectivity index (χ3n) is 2.81. The van der Waals surface area contributed by atoms with Crippen molar-refractivity contribution in [3.8, 4) is 0 Å². The van der Waals surface area contributed by atoms with Crippen molar-refractivity contribution in [2.75, 3.05) is 5.75 Å². The van der Waals surface area contributed by atoms with Crippen LogP contribution in [0.25, 0.3) is 0 Å². The molecular weight excluding hydrogens is 320 g/mol. The van der Waals surface area contributed by atoms with E-state index in [1.165, 1.54) is 16.0 Å². The fourth-order valence-corrected chi connectivity index (χ4v) is 3.24. The predicted octanol–water partition coefficient (Wildman–Crippen LogP) is 3.81. The predicted molar refractivity (Wildman–Crippen MR) is 85.5 cm³/mol. The van der Waals surface area contributed by atoms with Crippen LogP contribution in [0.2, 0.25) is 0 Å². The Morgan fingerprint density at radius 3 is 2.84 bits per heavy atom. The second-order valence-electron chi connectivity index (χ2n) is 4.55. The van der Waals surface area contributed by atoms with Crippen LogP contribution in [0.15, 0.2) is 52.1 Å². The van der Waals surface area contributed by atoms with E-state index in [1.54, 1.807) is 6.20 Å². The number of aryl methyl sites for hydroxylation is 1. The molecule has 1 heterocycles. The van der Waals surface area contributed by atoms with Gasteiger partial charge in [0, 0.05) is 33.6 Å². The summed E-state index contributed by atoms with van der Waals surface area (Å²) < 4.78 is 1.00. The number of hydrogen-bond acceptors (Lipinski definition) is 3. The molecule has 1 aromatic carbocycles. The van der Waals surface area contributed by atoms with E-state index in [4.69, 9.17) is 5.73 Å². The van der Waals surface area contributed by atoms with Crippen LogP contribution < -0.4 is 5.73 Å². The number of hydrogen-bond donors (Lipinski definition) is 1. The third-order valence-corrected chi connectivity index (χ3v) is 4.60. The van der Waals surface area contributed by atoms with Crippen LogP contribution >= 0.6 is 27.7 Å². The number of aromatic nitrogens is 1. The highest BCUT2D eigenvalue weighted by molar-refractivity contribution is 9.10. The maximum atomic E-state index is 6.19. The Hall–Kier alpha value is -0.840. The lowest BCUT2D eigenvalue weighted by atomic mass is 10.1. The zero-order valence-electron chi connectivity index (χ0n) is 10.8. The summed E-state index contributed by atoms with van der Waals surface area (Å²) in [7, 11) is 0. The molecule has 0 amide bonds. The lowest BCUT2D eigenvalue weighted by Gasteiger charge is -2.12. The molecule has 0 aliphatic rings. The van der Waals surface area contributed by atoms with E-state index in [-0.39, 0.29) is 6.04 Å². The van der Waals surface area contributed by atoms with E-state index >= 15 is 0 Å². The molecule has 2 N–H and O–H groups in total. The van der Waals surface area contributed by atoms with Crippen molar-refractivity contribution in [1.29, 1.82) is 0 Å². The Kier molecular flexibility index (Phi) is 5.43. The van der Waals surface area contributed by atoms with Crippen molar-refractivity contribution in [1.82, 2.24) is 4.98 Å². The van der Waals surface area contributed by atoms with E-state index in [0.29, 0.717) is 0 Å². The van der Waals surface area contributed by atoms with Gasteiger partial charge in [0.2, 0.25) is 0 Å². The quantitative estimate of drug-likeness (QED) is 0.843. The van der Waals surface area contributed by atoms with Crippen molar-refractivity contribution in [3.63, 3.8) is 0 Å². The molecule has 0 bridgehead atoms. The Bertz CT molecular complexity index is 545. The zero-order chi connectivity index (χ0) is 13.7. The lowest BCUT2D eigenvalue weighted by Crippen LogP contribution is -2.25. The summed E-state index contributed by atoms with van der Waals surface area (Å²) in [4.78, 5) is 5.47. The number of nitrogens with two attached hydrogens (primary N) is 1. The molecule has 2 rings (SSSR count). The van der Waals surface area contributed by atoms with E-state index in [0.717, 1.165) is 16.6 Å². The molecule has 100 valence electrons. The smallest absolute Gasteiger partial charge is 0.0410 e. The van der Waals surface area contributed by atoms with Crippen LogP contribution in [0.3, 0.4) is 0 Å². The SMILES string of the molecule is Cc1ccccc1SCC(N)Cc1cncc(Br)c1. The minimum Gasteiger partial charge on any atom is -0.327 e.